The Labute approximate surface area is 162 Å². The molecular weight excluding hydrogens is 364 g/mol. The second-order valence-corrected chi connectivity index (χ2v) is 8.11. The van der Waals surface area contributed by atoms with E-state index in [1.54, 1.807) is 7.11 Å². The number of fused-ring (bicyclic) bond motifs is 1. The van der Waals surface area contributed by atoms with Crippen LogP contribution >= 0.6 is 11.3 Å². The molecule has 1 aliphatic heterocycles. The lowest BCUT2D eigenvalue weighted by Gasteiger charge is -2.23. The second kappa shape index (κ2) is 7.82. The van der Waals surface area contributed by atoms with E-state index in [4.69, 9.17) is 4.74 Å². The summed E-state index contributed by atoms with van der Waals surface area (Å²) in [5.41, 5.74) is 2.79. The number of carbonyl (C=O) groups excluding carboxylic acids is 2. The fourth-order valence-electron chi connectivity index (χ4n) is 3.95. The molecule has 0 aromatic carbocycles. The Kier molecular flexibility index (Phi) is 5.27. The fraction of sp³-hybridized carbons (Fsp3) is 0.526. The van der Waals surface area contributed by atoms with E-state index in [2.05, 4.69) is 15.5 Å². The van der Waals surface area contributed by atoms with Crippen LogP contribution in [-0.2, 0) is 17.6 Å². The molecule has 0 bridgehead atoms. The van der Waals surface area contributed by atoms with Crippen LogP contribution < -0.4 is 5.32 Å². The molecule has 2 N–H and O–H groups in total. The van der Waals surface area contributed by atoms with Crippen LogP contribution in [0.3, 0.4) is 0 Å². The molecule has 2 amide bonds. The van der Waals surface area contributed by atoms with Gasteiger partial charge in [-0.2, -0.15) is 5.10 Å². The summed E-state index contributed by atoms with van der Waals surface area (Å²) in [6.07, 6.45) is 4.88. The van der Waals surface area contributed by atoms with E-state index in [0.29, 0.717) is 23.7 Å². The van der Waals surface area contributed by atoms with E-state index >= 15 is 0 Å². The number of nitrogens with one attached hydrogen (secondary N) is 2. The van der Waals surface area contributed by atoms with E-state index < -0.39 is 0 Å². The molecule has 3 heterocycles. The lowest BCUT2D eigenvalue weighted by Crippen LogP contribution is -2.31. The van der Waals surface area contributed by atoms with Crippen LogP contribution in [0.15, 0.2) is 12.1 Å². The number of amides is 2. The van der Waals surface area contributed by atoms with Crippen LogP contribution in [0.25, 0.3) is 0 Å². The molecule has 1 aliphatic carbocycles. The van der Waals surface area contributed by atoms with Crippen molar-refractivity contribution in [3.63, 3.8) is 0 Å². The van der Waals surface area contributed by atoms with Gasteiger partial charge in [0.25, 0.3) is 11.8 Å². The predicted molar refractivity (Wildman–Crippen MR) is 102 cm³/mol. The average Bonchev–Trinajstić information content (AvgIpc) is 3.44. The van der Waals surface area contributed by atoms with Crippen molar-refractivity contribution in [1.29, 1.82) is 0 Å². The van der Waals surface area contributed by atoms with Gasteiger partial charge < -0.3 is 15.0 Å². The highest BCUT2D eigenvalue weighted by molar-refractivity contribution is 7.14. The van der Waals surface area contributed by atoms with Crippen molar-refractivity contribution in [1.82, 2.24) is 20.4 Å². The Balaban J connectivity index is 1.48. The molecule has 7 nitrogen and oxygen atoms in total. The van der Waals surface area contributed by atoms with Crippen molar-refractivity contribution < 1.29 is 14.3 Å². The first-order valence-electron chi connectivity index (χ1n) is 9.43. The van der Waals surface area contributed by atoms with E-state index in [9.17, 15) is 9.59 Å². The van der Waals surface area contributed by atoms with Crippen LogP contribution in [0.1, 0.15) is 61.6 Å². The Morgan fingerprint density at radius 3 is 3.11 bits per heavy atom. The largest absolute Gasteiger partial charge is 0.383 e. The van der Waals surface area contributed by atoms with Crippen molar-refractivity contribution in [2.75, 3.05) is 26.8 Å². The summed E-state index contributed by atoms with van der Waals surface area (Å²) in [4.78, 5) is 29.0. The highest BCUT2D eigenvalue weighted by Gasteiger charge is 2.35. The van der Waals surface area contributed by atoms with Crippen molar-refractivity contribution in [2.24, 2.45) is 0 Å². The maximum atomic E-state index is 13.1. The monoisotopic (exact) mass is 388 g/mol. The lowest BCUT2D eigenvalue weighted by atomic mass is 10.1. The van der Waals surface area contributed by atoms with E-state index in [-0.39, 0.29) is 17.9 Å². The van der Waals surface area contributed by atoms with Gasteiger partial charge >= 0.3 is 0 Å². The minimum absolute atomic E-state index is 0.0106. The molecule has 2 aromatic rings. The maximum Gasteiger partial charge on any atom is 0.275 e. The van der Waals surface area contributed by atoms with Gasteiger partial charge in [-0.1, -0.05) is 0 Å². The number of likely N-dealkylation sites (tertiary alicyclic amines) is 1. The third-order valence-corrected chi connectivity index (χ3v) is 6.48. The molecule has 144 valence electrons. The number of aromatic amines is 1. The molecule has 0 saturated carbocycles. The molecule has 2 aliphatic rings. The lowest BCUT2D eigenvalue weighted by molar-refractivity contribution is 0.0730. The number of aromatic nitrogens is 2. The normalized spacial score (nSPS) is 18.7. The standard InChI is InChI=1S/C19H24N4O3S/c1-26-11-9-20-18(24)16-8-7-15(27-16)14-6-3-10-23(14)19(25)17-12-4-2-5-13(12)21-22-17/h7-8,14H,2-6,9-11H2,1H3,(H,20,24)(H,21,22). The van der Waals surface area contributed by atoms with Gasteiger partial charge in [0.2, 0.25) is 0 Å². The summed E-state index contributed by atoms with van der Waals surface area (Å²) in [5, 5.41) is 10.2. The van der Waals surface area contributed by atoms with Gasteiger partial charge in [0.1, 0.15) is 0 Å². The number of H-pyrrole nitrogens is 1. The first kappa shape index (κ1) is 18.2. The number of rotatable bonds is 6. The van der Waals surface area contributed by atoms with Crippen LogP contribution in [0.4, 0.5) is 0 Å². The molecule has 0 spiro atoms. The number of hydrogen-bond donors (Lipinski definition) is 2. The molecule has 2 aromatic heterocycles. The topological polar surface area (TPSA) is 87.3 Å². The summed E-state index contributed by atoms with van der Waals surface area (Å²) >= 11 is 1.47. The van der Waals surface area contributed by atoms with E-state index in [1.807, 2.05) is 17.0 Å². The van der Waals surface area contributed by atoms with Crippen LogP contribution in [0.5, 0.6) is 0 Å². The first-order valence-corrected chi connectivity index (χ1v) is 10.2. The highest BCUT2D eigenvalue weighted by Crippen LogP contribution is 2.37. The number of thiophene rings is 1. The van der Waals surface area contributed by atoms with E-state index in [0.717, 1.165) is 54.8 Å². The minimum Gasteiger partial charge on any atom is -0.383 e. The number of ether oxygens (including phenoxy) is 1. The predicted octanol–water partition coefficient (Wildman–Crippen LogP) is 2.31. The van der Waals surface area contributed by atoms with Crippen molar-refractivity contribution >= 4 is 23.2 Å². The molecule has 1 atom stereocenters. The summed E-state index contributed by atoms with van der Waals surface area (Å²) in [5.74, 6) is -0.0827. The second-order valence-electron chi connectivity index (χ2n) is 6.99. The minimum atomic E-state index is -0.0932. The zero-order valence-corrected chi connectivity index (χ0v) is 16.2. The van der Waals surface area contributed by atoms with Gasteiger partial charge in [-0.15, -0.1) is 11.3 Å². The fourth-order valence-corrected chi connectivity index (χ4v) is 5.02. The number of carbonyl (C=O) groups is 2. The number of aryl methyl sites for hydroxylation is 1. The highest BCUT2D eigenvalue weighted by atomic mass is 32.1. The maximum absolute atomic E-state index is 13.1. The summed E-state index contributed by atoms with van der Waals surface area (Å²) in [6, 6.07) is 3.84. The molecule has 1 fully saturated rings. The quantitative estimate of drug-likeness (QED) is 0.744. The number of nitrogens with zero attached hydrogens (tertiary/aromatic N) is 2. The van der Waals surface area contributed by atoms with Gasteiger partial charge in [-0.3, -0.25) is 14.7 Å². The first-order chi connectivity index (χ1) is 13.2. The Morgan fingerprint density at radius 2 is 2.26 bits per heavy atom. The summed E-state index contributed by atoms with van der Waals surface area (Å²) in [6.45, 7) is 1.71. The van der Waals surface area contributed by atoms with Gasteiger partial charge in [-0.25, -0.2) is 0 Å². The smallest absolute Gasteiger partial charge is 0.275 e. The summed E-state index contributed by atoms with van der Waals surface area (Å²) in [7, 11) is 1.61. The van der Waals surface area contributed by atoms with Gasteiger partial charge in [0.15, 0.2) is 5.69 Å². The summed E-state index contributed by atoms with van der Waals surface area (Å²) < 4.78 is 4.96. The van der Waals surface area contributed by atoms with Crippen molar-refractivity contribution in [3.05, 3.63) is 38.8 Å². The third kappa shape index (κ3) is 3.51. The van der Waals surface area contributed by atoms with Gasteiger partial charge in [0.05, 0.1) is 17.5 Å². The molecule has 8 heteroatoms. The molecular formula is C19H24N4O3S. The zero-order valence-electron chi connectivity index (χ0n) is 15.4. The Bertz CT molecular complexity index is 844. The van der Waals surface area contributed by atoms with Gasteiger partial charge in [0, 0.05) is 36.3 Å². The van der Waals surface area contributed by atoms with Crippen LogP contribution in [-0.4, -0.2) is 53.7 Å². The van der Waals surface area contributed by atoms with Gasteiger partial charge in [-0.05, 0) is 44.2 Å². The molecule has 1 saturated heterocycles. The molecule has 0 radical (unpaired) electrons. The molecule has 1 unspecified atom stereocenters. The van der Waals surface area contributed by atoms with Crippen LogP contribution in [0.2, 0.25) is 0 Å². The Hall–Kier alpha value is -2.19. The van der Waals surface area contributed by atoms with E-state index in [1.165, 1.54) is 11.3 Å². The van der Waals surface area contributed by atoms with Crippen molar-refractivity contribution in [3.8, 4) is 0 Å². The number of hydrogen-bond acceptors (Lipinski definition) is 5. The van der Waals surface area contributed by atoms with Crippen molar-refractivity contribution in [2.45, 2.75) is 38.1 Å². The number of methoxy groups -OCH3 is 1. The molecule has 27 heavy (non-hydrogen) atoms. The average molecular weight is 388 g/mol. The van der Waals surface area contributed by atoms with Crippen LogP contribution in [0, 0.1) is 0 Å². The zero-order chi connectivity index (χ0) is 18.8. The SMILES string of the molecule is COCCNC(=O)c1ccc(C2CCCN2C(=O)c2n[nH]c3c2CCC3)s1. The molecule has 4 rings (SSSR count). The third-order valence-electron chi connectivity index (χ3n) is 5.29. The Morgan fingerprint density at radius 1 is 1.37 bits per heavy atom.